The summed E-state index contributed by atoms with van der Waals surface area (Å²) in [7, 11) is 0. The lowest BCUT2D eigenvalue weighted by molar-refractivity contribution is 0.460. The second-order valence-electron chi connectivity index (χ2n) is 3.96. The fourth-order valence-corrected chi connectivity index (χ4v) is 2.13. The molecule has 0 radical (unpaired) electrons. The van der Waals surface area contributed by atoms with Crippen LogP contribution in [0.25, 0.3) is 11.2 Å². The molecule has 0 aromatic carbocycles. The van der Waals surface area contributed by atoms with Crippen molar-refractivity contribution in [3.63, 3.8) is 0 Å². The van der Waals surface area contributed by atoms with E-state index in [2.05, 4.69) is 31.8 Å². The Morgan fingerprint density at radius 1 is 1.20 bits per heavy atom. The number of rotatable bonds is 1. The van der Waals surface area contributed by atoms with E-state index in [1.54, 1.807) is 0 Å². The number of aromatic nitrogens is 4. The molecule has 2 N–H and O–H groups in total. The predicted molar refractivity (Wildman–Crippen MR) is 56.5 cm³/mol. The predicted octanol–water partition coefficient (Wildman–Crippen LogP) is 0.820. The smallest absolute Gasteiger partial charge is 0.201 e. The summed E-state index contributed by atoms with van der Waals surface area (Å²) >= 11 is 0. The van der Waals surface area contributed by atoms with Crippen molar-refractivity contribution < 1.29 is 0 Å². The Bertz CT molecular complexity index is 458. The minimum Gasteiger partial charge on any atom is -0.317 e. The van der Waals surface area contributed by atoms with Crippen LogP contribution in [0.5, 0.6) is 0 Å². The average molecular weight is 203 g/mol. The maximum Gasteiger partial charge on any atom is 0.201 e. The normalized spacial score (nSPS) is 18.4. The van der Waals surface area contributed by atoms with E-state index in [1.165, 1.54) is 18.4 Å². The summed E-state index contributed by atoms with van der Waals surface area (Å²) < 4.78 is 0. The summed E-state index contributed by atoms with van der Waals surface area (Å²) in [5.74, 6) is 0.625. The highest BCUT2D eigenvalue weighted by atomic mass is 15.3. The second-order valence-corrected chi connectivity index (χ2v) is 3.96. The number of fused-ring (bicyclic) bond motifs is 1. The number of pyridine rings is 1. The largest absolute Gasteiger partial charge is 0.317 e. The summed E-state index contributed by atoms with van der Waals surface area (Å²) in [6.45, 7) is 2.20. The number of hydrogen-bond donors (Lipinski definition) is 2. The molecule has 0 bridgehead atoms. The molecule has 0 aliphatic carbocycles. The van der Waals surface area contributed by atoms with Crippen LogP contribution < -0.4 is 5.32 Å². The first-order valence-corrected chi connectivity index (χ1v) is 5.30. The van der Waals surface area contributed by atoms with Gasteiger partial charge in [0.2, 0.25) is 5.65 Å². The van der Waals surface area contributed by atoms with Gasteiger partial charge in [-0.3, -0.25) is 0 Å². The van der Waals surface area contributed by atoms with E-state index >= 15 is 0 Å². The highest BCUT2D eigenvalue weighted by molar-refractivity contribution is 5.69. The maximum absolute atomic E-state index is 4.29. The average Bonchev–Trinajstić information content (AvgIpc) is 2.77. The first-order valence-electron chi connectivity index (χ1n) is 5.30. The van der Waals surface area contributed by atoms with Crippen molar-refractivity contribution in [3.05, 3.63) is 17.8 Å². The zero-order valence-electron chi connectivity index (χ0n) is 8.40. The Morgan fingerprint density at radius 3 is 2.93 bits per heavy atom. The molecule has 2 aromatic heterocycles. The molecule has 0 spiro atoms. The molecule has 5 nitrogen and oxygen atoms in total. The highest BCUT2D eigenvalue weighted by Crippen LogP contribution is 2.25. The Balaban J connectivity index is 1.95. The standard InChI is InChI=1S/C10H13N5/c1-3-11-4-2-7(1)8-5-9-10(12-6-8)14-15-13-9/h5-7,11H,1-4H2,(H,12,13,14,15). The van der Waals surface area contributed by atoms with Gasteiger partial charge < -0.3 is 5.32 Å². The van der Waals surface area contributed by atoms with E-state index < -0.39 is 0 Å². The van der Waals surface area contributed by atoms with Gasteiger partial charge in [-0.2, -0.15) is 10.3 Å². The number of nitrogens with one attached hydrogen (secondary N) is 2. The summed E-state index contributed by atoms with van der Waals surface area (Å²) in [5.41, 5.74) is 2.86. The van der Waals surface area contributed by atoms with E-state index in [0.717, 1.165) is 18.6 Å². The van der Waals surface area contributed by atoms with Gasteiger partial charge in [-0.1, -0.05) is 0 Å². The summed E-state index contributed by atoms with van der Waals surface area (Å²) in [5, 5.41) is 14.0. The topological polar surface area (TPSA) is 66.5 Å². The van der Waals surface area contributed by atoms with Crippen LogP contribution in [-0.2, 0) is 0 Å². The Hall–Kier alpha value is -1.49. The van der Waals surface area contributed by atoms with Crippen LogP contribution in [0.15, 0.2) is 12.3 Å². The third-order valence-electron chi connectivity index (χ3n) is 3.01. The molecule has 3 heterocycles. The third kappa shape index (κ3) is 1.59. The number of H-pyrrole nitrogens is 1. The number of piperidine rings is 1. The summed E-state index contributed by atoms with van der Waals surface area (Å²) in [6, 6.07) is 2.10. The fraction of sp³-hybridized carbons (Fsp3) is 0.500. The first kappa shape index (κ1) is 8.79. The molecule has 2 aromatic rings. The quantitative estimate of drug-likeness (QED) is 0.720. The number of aromatic amines is 1. The van der Waals surface area contributed by atoms with Gasteiger partial charge in [0.25, 0.3) is 0 Å². The molecule has 0 amide bonds. The van der Waals surface area contributed by atoms with Crippen LogP contribution in [0, 0.1) is 0 Å². The van der Waals surface area contributed by atoms with Gasteiger partial charge in [-0.25, -0.2) is 4.98 Å². The van der Waals surface area contributed by atoms with Gasteiger partial charge in [0.1, 0.15) is 5.52 Å². The fourth-order valence-electron chi connectivity index (χ4n) is 2.13. The SMILES string of the molecule is c1nc2n[nH]nc2cc1C1CCNCC1. The second kappa shape index (κ2) is 3.58. The molecule has 1 fully saturated rings. The Morgan fingerprint density at radius 2 is 2.07 bits per heavy atom. The third-order valence-corrected chi connectivity index (χ3v) is 3.01. The van der Waals surface area contributed by atoms with Gasteiger partial charge in [-0.15, -0.1) is 5.10 Å². The molecule has 1 aliphatic heterocycles. The van der Waals surface area contributed by atoms with Gasteiger partial charge in [0, 0.05) is 6.20 Å². The Labute approximate surface area is 87.3 Å². The lowest BCUT2D eigenvalue weighted by Crippen LogP contribution is -2.26. The maximum atomic E-state index is 4.29. The lowest BCUT2D eigenvalue weighted by Gasteiger charge is -2.22. The van der Waals surface area contributed by atoms with Gasteiger partial charge in [0.15, 0.2) is 0 Å². The van der Waals surface area contributed by atoms with E-state index in [1.807, 2.05) is 6.20 Å². The van der Waals surface area contributed by atoms with Gasteiger partial charge >= 0.3 is 0 Å². The molecule has 78 valence electrons. The molecule has 1 aliphatic rings. The van der Waals surface area contributed by atoms with Crippen molar-refractivity contribution in [1.29, 1.82) is 0 Å². The van der Waals surface area contributed by atoms with Crippen LogP contribution in [-0.4, -0.2) is 33.5 Å². The monoisotopic (exact) mass is 203 g/mol. The molecule has 0 unspecified atom stereocenters. The van der Waals surface area contributed by atoms with Crippen molar-refractivity contribution >= 4 is 11.2 Å². The zero-order chi connectivity index (χ0) is 10.1. The van der Waals surface area contributed by atoms with Gasteiger partial charge in [-0.05, 0) is 43.5 Å². The van der Waals surface area contributed by atoms with Crippen LogP contribution >= 0.6 is 0 Å². The Kier molecular flexibility index (Phi) is 2.10. The minimum absolute atomic E-state index is 0.625. The minimum atomic E-state index is 0.625. The van der Waals surface area contributed by atoms with Crippen LogP contribution in [0.4, 0.5) is 0 Å². The van der Waals surface area contributed by atoms with Gasteiger partial charge in [0.05, 0.1) is 0 Å². The van der Waals surface area contributed by atoms with E-state index in [0.29, 0.717) is 11.6 Å². The zero-order valence-corrected chi connectivity index (χ0v) is 8.40. The van der Waals surface area contributed by atoms with Crippen LogP contribution in [0.3, 0.4) is 0 Å². The molecule has 0 saturated carbocycles. The van der Waals surface area contributed by atoms with Crippen molar-refractivity contribution in [2.45, 2.75) is 18.8 Å². The summed E-state index contributed by atoms with van der Waals surface area (Å²) in [6.07, 6.45) is 4.30. The molecule has 15 heavy (non-hydrogen) atoms. The molecule has 3 rings (SSSR count). The molecule has 0 atom stereocenters. The molecular weight excluding hydrogens is 190 g/mol. The van der Waals surface area contributed by atoms with E-state index in [4.69, 9.17) is 0 Å². The lowest BCUT2D eigenvalue weighted by atomic mass is 9.91. The van der Waals surface area contributed by atoms with Crippen molar-refractivity contribution in [2.75, 3.05) is 13.1 Å². The molecule has 1 saturated heterocycles. The summed E-state index contributed by atoms with van der Waals surface area (Å²) in [4.78, 5) is 4.29. The molecule has 5 heteroatoms. The van der Waals surface area contributed by atoms with Crippen molar-refractivity contribution in [3.8, 4) is 0 Å². The van der Waals surface area contributed by atoms with Crippen molar-refractivity contribution in [2.24, 2.45) is 0 Å². The van der Waals surface area contributed by atoms with Crippen LogP contribution in [0.2, 0.25) is 0 Å². The number of nitrogens with zero attached hydrogens (tertiary/aromatic N) is 3. The van der Waals surface area contributed by atoms with E-state index in [-0.39, 0.29) is 0 Å². The number of hydrogen-bond acceptors (Lipinski definition) is 4. The first-order chi connectivity index (χ1) is 7.43. The van der Waals surface area contributed by atoms with Crippen LogP contribution in [0.1, 0.15) is 24.3 Å². The van der Waals surface area contributed by atoms with E-state index in [9.17, 15) is 0 Å². The van der Waals surface area contributed by atoms with Crippen molar-refractivity contribution in [1.82, 2.24) is 25.7 Å². The molecular formula is C10H13N5. The highest BCUT2D eigenvalue weighted by Gasteiger charge is 2.16.